The predicted octanol–water partition coefficient (Wildman–Crippen LogP) is 6.43. The Morgan fingerprint density at radius 3 is 2.26 bits per heavy atom. The first-order chi connectivity index (χ1) is 11.1. The largest absolute Gasteiger partial charge is 0.427 e. The summed E-state index contributed by atoms with van der Waals surface area (Å²) in [5.41, 5.74) is 1.03. The highest BCUT2D eigenvalue weighted by Crippen LogP contribution is 2.20. The van der Waals surface area contributed by atoms with Crippen molar-refractivity contribution in [3.63, 3.8) is 0 Å². The van der Waals surface area contributed by atoms with Crippen LogP contribution in [0.2, 0.25) is 0 Å². The minimum absolute atomic E-state index is 0.165. The second-order valence-electron chi connectivity index (χ2n) is 5.30. The van der Waals surface area contributed by atoms with E-state index in [2.05, 4.69) is 37.8 Å². The molecule has 23 heavy (non-hydrogen) atoms. The molecule has 0 spiro atoms. The Balaban J connectivity index is 2.16. The number of terminal acetylenes is 1. The summed E-state index contributed by atoms with van der Waals surface area (Å²) >= 11 is 6.62. The number of ether oxygens (including phenoxy) is 1. The third-order valence-electron chi connectivity index (χ3n) is 3.34. The van der Waals surface area contributed by atoms with E-state index < -0.39 is 0 Å². The molecule has 0 bridgehead atoms. The van der Waals surface area contributed by atoms with Crippen LogP contribution in [0, 0.1) is 12.3 Å². The molecule has 0 fully saturated rings. The molecule has 2 nitrogen and oxygen atoms in total. The molecule has 0 aliphatic rings. The van der Waals surface area contributed by atoms with Crippen molar-refractivity contribution in [2.75, 3.05) is 0 Å². The second kappa shape index (κ2) is 12.4. The Morgan fingerprint density at radius 1 is 1.04 bits per heavy atom. The number of carbonyl (C=O) groups is 1. The van der Waals surface area contributed by atoms with Gasteiger partial charge in [0.15, 0.2) is 0 Å². The maximum absolute atomic E-state index is 11.8. The summed E-state index contributed by atoms with van der Waals surface area (Å²) in [5, 5.41) is 0. The molecule has 1 aromatic rings. The van der Waals surface area contributed by atoms with Gasteiger partial charge < -0.3 is 4.74 Å². The van der Waals surface area contributed by atoms with E-state index in [1.165, 1.54) is 12.8 Å². The number of unbranched alkanes of at least 4 members (excludes halogenated alkanes) is 6. The Morgan fingerprint density at radius 2 is 1.65 bits per heavy atom. The van der Waals surface area contributed by atoms with Crippen molar-refractivity contribution in [3.05, 3.63) is 33.2 Å². The normalized spacial score (nSPS) is 9.96. The summed E-state index contributed by atoms with van der Waals surface area (Å²) in [7, 11) is 0. The predicted molar refractivity (Wildman–Crippen MR) is 104 cm³/mol. The Labute approximate surface area is 155 Å². The van der Waals surface area contributed by atoms with Gasteiger partial charge in [-0.3, -0.25) is 4.79 Å². The molecule has 0 aromatic heterocycles. The van der Waals surface area contributed by atoms with E-state index in [0.717, 1.165) is 41.1 Å². The van der Waals surface area contributed by atoms with Gasteiger partial charge in [-0.1, -0.05) is 37.8 Å². The van der Waals surface area contributed by atoms with Crippen LogP contribution >= 0.6 is 31.9 Å². The number of halogens is 2. The molecular weight excluding hydrogens is 420 g/mol. The molecule has 0 atom stereocenters. The van der Waals surface area contributed by atoms with Gasteiger partial charge in [-0.2, -0.15) is 0 Å². The van der Waals surface area contributed by atoms with E-state index in [4.69, 9.17) is 11.2 Å². The van der Waals surface area contributed by atoms with Crippen LogP contribution in [-0.2, 0) is 4.79 Å². The second-order valence-corrected chi connectivity index (χ2v) is 8.08. The minimum Gasteiger partial charge on any atom is -0.427 e. The molecule has 124 valence electrons. The first-order valence-corrected chi connectivity index (χ1v) is 9.47. The van der Waals surface area contributed by atoms with Crippen molar-refractivity contribution in [3.8, 4) is 18.1 Å². The van der Waals surface area contributed by atoms with Gasteiger partial charge in [0.25, 0.3) is 0 Å². The summed E-state index contributed by atoms with van der Waals surface area (Å²) < 4.78 is 6.20. The molecule has 4 heteroatoms. The molecule has 1 rings (SSSR count). The lowest BCUT2D eigenvalue weighted by Gasteiger charge is -2.05. The number of benzene rings is 1. The average Bonchev–Trinajstić information content (AvgIpc) is 2.51. The molecule has 1 aromatic carbocycles. The highest BCUT2D eigenvalue weighted by Gasteiger charge is 2.04. The molecule has 0 N–H and O–H groups in total. The van der Waals surface area contributed by atoms with Gasteiger partial charge in [0.05, 0.1) is 3.39 Å². The molecule has 0 heterocycles. The Hall–Kier alpha value is -1.05. The van der Waals surface area contributed by atoms with Gasteiger partial charge in [-0.15, -0.1) is 12.3 Å². The molecule has 0 unspecified atom stereocenters. The highest BCUT2D eigenvalue weighted by atomic mass is 79.9. The van der Waals surface area contributed by atoms with Crippen LogP contribution in [0.25, 0.3) is 6.08 Å². The van der Waals surface area contributed by atoms with Gasteiger partial charge in [-0.05, 0) is 68.5 Å². The maximum Gasteiger partial charge on any atom is 0.311 e. The standard InChI is InChI=1S/C19H22Br2O2/c1-2-3-4-5-6-7-8-9-10-19(22)23-17-13-11-16(12-14-17)15-18(20)21/h1,11-15H,3-10H2. The molecule has 0 radical (unpaired) electrons. The summed E-state index contributed by atoms with van der Waals surface area (Å²) in [6.45, 7) is 0. The molecular formula is C19H22Br2O2. The summed E-state index contributed by atoms with van der Waals surface area (Å²) in [5.74, 6) is 3.08. The lowest BCUT2D eigenvalue weighted by Crippen LogP contribution is -2.07. The average molecular weight is 442 g/mol. The zero-order valence-corrected chi connectivity index (χ0v) is 16.4. The highest BCUT2D eigenvalue weighted by molar-refractivity contribution is 9.28. The zero-order valence-electron chi connectivity index (χ0n) is 13.2. The first-order valence-electron chi connectivity index (χ1n) is 7.88. The van der Waals surface area contributed by atoms with Crippen LogP contribution in [0.1, 0.15) is 56.9 Å². The Bertz CT molecular complexity index is 537. The van der Waals surface area contributed by atoms with Crippen LogP contribution in [-0.4, -0.2) is 5.97 Å². The number of rotatable bonds is 10. The van der Waals surface area contributed by atoms with Crippen LogP contribution in [0.4, 0.5) is 0 Å². The third kappa shape index (κ3) is 10.4. The molecule has 0 amide bonds. The van der Waals surface area contributed by atoms with Gasteiger partial charge in [-0.25, -0.2) is 0 Å². The zero-order chi connectivity index (χ0) is 16.9. The maximum atomic E-state index is 11.8. The van der Waals surface area contributed by atoms with Gasteiger partial charge in [0, 0.05) is 12.8 Å². The van der Waals surface area contributed by atoms with Gasteiger partial charge >= 0.3 is 5.97 Å². The van der Waals surface area contributed by atoms with Crippen LogP contribution in [0.5, 0.6) is 5.75 Å². The van der Waals surface area contributed by atoms with E-state index in [1.807, 2.05) is 18.2 Å². The van der Waals surface area contributed by atoms with E-state index in [1.54, 1.807) is 12.1 Å². The lowest BCUT2D eigenvalue weighted by atomic mass is 10.1. The monoisotopic (exact) mass is 440 g/mol. The van der Waals surface area contributed by atoms with Crippen LogP contribution < -0.4 is 4.74 Å². The van der Waals surface area contributed by atoms with Crippen molar-refractivity contribution >= 4 is 43.9 Å². The summed E-state index contributed by atoms with van der Waals surface area (Å²) in [4.78, 5) is 11.8. The van der Waals surface area contributed by atoms with Gasteiger partial charge in [0.1, 0.15) is 5.75 Å². The summed E-state index contributed by atoms with van der Waals surface area (Å²) in [6.07, 6.45) is 15.0. The third-order valence-corrected chi connectivity index (χ3v) is 3.80. The topological polar surface area (TPSA) is 26.3 Å². The fourth-order valence-electron chi connectivity index (χ4n) is 2.14. The number of hydrogen-bond donors (Lipinski definition) is 0. The number of hydrogen-bond acceptors (Lipinski definition) is 2. The Kier molecular flexibility index (Phi) is 10.8. The molecule has 0 saturated carbocycles. The van der Waals surface area contributed by atoms with Crippen molar-refractivity contribution in [2.24, 2.45) is 0 Å². The van der Waals surface area contributed by atoms with E-state index in [9.17, 15) is 4.79 Å². The van der Waals surface area contributed by atoms with E-state index in [-0.39, 0.29) is 5.97 Å². The van der Waals surface area contributed by atoms with Crippen molar-refractivity contribution in [1.29, 1.82) is 0 Å². The van der Waals surface area contributed by atoms with Crippen molar-refractivity contribution in [1.82, 2.24) is 0 Å². The smallest absolute Gasteiger partial charge is 0.311 e. The first kappa shape index (κ1) is 20.0. The van der Waals surface area contributed by atoms with E-state index >= 15 is 0 Å². The fourth-order valence-corrected chi connectivity index (χ4v) is 2.67. The molecule has 0 aliphatic carbocycles. The minimum atomic E-state index is -0.165. The lowest BCUT2D eigenvalue weighted by molar-refractivity contribution is -0.134. The van der Waals surface area contributed by atoms with Crippen LogP contribution in [0.15, 0.2) is 27.7 Å². The SMILES string of the molecule is C#CCCCCCCCCC(=O)Oc1ccc(C=C(Br)Br)cc1. The molecule has 0 saturated heterocycles. The van der Waals surface area contributed by atoms with Crippen LogP contribution in [0.3, 0.4) is 0 Å². The van der Waals surface area contributed by atoms with Gasteiger partial charge in [0.2, 0.25) is 0 Å². The quantitative estimate of drug-likeness (QED) is 0.181. The number of esters is 1. The number of carbonyl (C=O) groups excluding carboxylic acids is 1. The van der Waals surface area contributed by atoms with E-state index in [0.29, 0.717) is 12.2 Å². The fraction of sp³-hybridized carbons (Fsp3) is 0.421. The molecule has 0 aliphatic heterocycles. The van der Waals surface area contributed by atoms with Crippen molar-refractivity contribution in [2.45, 2.75) is 51.4 Å². The summed E-state index contributed by atoms with van der Waals surface area (Å²) in [6, 6.07) is 7.42. The van der Waals surface area contributed by atoms with Crippen molar-refractivity contribution < 1.29 is 9.53 Å².